The highest BCUT2D eigenvalue weighted by atomic mass is 16.5. The lowest BCUT2D eigenvalue weighted by Crippen LogP contribution is -2.49. The first-order valence-corrected chi connectivity index (χ1v) is 8.09. The molecule has 0 bridgehead atoms. The minimum absolute atomic E-state index is 0.156. The third-order valence-electron chi connectivity index (χ3n) is 4.02. The number of rotatable bonds is 4. The molecular formula is C18H20N4O3. The van der Waals surface area contributed by atoms with Gasteiger partial charge >= 0.3 is 0 Å². The molecule has 7 heteroatoms. The van der Waals surface area contributed by atoms with Crippen LogP contribution in [0.5, 0.6) is 5.75 Å². The van der Waals surface area contributed by atoms with Crippen LogP contribution in [0.25, 0.3) is 0 Å². The minimum atomic E-state index is -0.635. The van der Waals surface area contributed by atoms with Crippen molar-refractivity contribution in [2.45, 2.75) is 26.4 Å². The summed E-state index contributed by atoms with van der Waals surface area (Å²) in [5.41, 5.74) is 7.38. The van der Waals surface area contributed by atoms with Gasteiger partial charge in [-0.3, -0.25) is 14.5 Å². The number of carbonyl (C=O) groups is 2. The number of nitrogens with one attached hydrogen (secondary N) is 1. The third-order valence-corrected chi connectivity index (χ3v) is 4.02. The third kappa shape index (κ3) is 3.40. The molecule has 0 aliphatic carbocycles. The zero-order valence-corrected chi connectivity index (χ0v) is 14.2. The van der Waals surface area contributed by atoms with Gasteiger partial charge in [-0.15, -0.1) is 0 Å². The van der Waals surface area contributed by atoms with Gasteiger partial charge in [-0.05, 0) is 37.1 Å². The van der Waals surface area contributed by atoms with Crippen LogP contribution in [0, 0.1) is 6.92 Å². The molecular weight excluding hydrogens is 320 g/mol. The van der Waals surface area contributed by atoms with Crippen molar-refractivity contribution in [3.63, 3.8) is 0 Å². The van der Waals surface area contributed by atoms with Gasteiger partial charge in [-0.25, -0.2) is 4.98 Å². The molecule has 1 aromatic heterocycles. The van der Waals surface area contributed by atoms with Gasteiger partial charge in [0.15, 0.2) is 17.7 Å². The maximum atomic E-state index is 12.6. The van der Waals surface area contributed by atoms with Crippen molar-refractivity contribution in [2.24, 2.45) is 0 Å². The van der Waals surface area contributed by atoms with E-state index in [4.69, 9.17) is 10.5 Å². The number of aryl methyl sites for hydroxylation is 1. The Labute approximate surface area is 145 Å². The van der Waals surface area contributed by atoms with Crippen molar-refractivity contribution in [3.8, 4) is 5.75 Å². The zero-order chi connectivity index (χ0) is 18.0. The van der Waals surface area contributed by atoms with E-state index in [0.717, 1.165) is 5.56 Å². The second-order valence-corrected chi connectivity index (χ2v) is 5.86. The van der Waals surface area contributed by atoms with E-state index in [1.807, 2.05) is 38.1 Å². The highest BCUT2D eigenvalue weighted by Crippen LogP contribution is 2.33. The number of fused-ring (bicyclic) bond motifs is 1. The number of pyridine rings is 1. The van der Waals surface area contributed by atoms with Crippen LogP contribution in [0.2, 0.25) is 0 Å². The Kier molecular flexibility index (Phi) is 4.56. The Morgan fingerprint density at radius 3 is 2.80 bits per heavy atom. The molecule has 25 heavy (non-hydrogen) atoms. The molecule has 2 aromatic rings. The number of ether oxygens (including phenoxy) is 1. The second-order valence-electron chi connectivity index (χ2n) is 5.86. The van der Waals surface area contributed by atoms with E-state index in [1.165, 1.54) is 4.90 Å². The molecule has 3 rings (SSSR count). The number of hydrogen-bond acceptors (Lipinski definition) is 5. The number of carbonyl (C=O) groups excluding carboxylic acids is 2. The summed E-state index contributed by atoms with van der Waals surface area (Å²) in [5.74, 6) is 0.371. The van der Waals surface area contributed by atoms with Crippen LogP contribution in [0.1, 0.15) is 18.9 Å². The van der Waals surface area contributed by atoms with Crippen molar-refractivity contribution in [2.75, 3.05) is 22.5 Å². The van der Waals surface area contributed by atoms with Crippen LogP contribution < -0.4 is 20.7 Å². The van der Waals surface area contributed by atoms with Crippen LogP contribution in [0.4, 0.5) is 17.3 Å². The number of para-hydroxylation sites is 1. The van der Waals surface area contributed by atoms with Crippen LogP contribution in [-0.2, 0) is 9.59 Å². The first kappa shape index (κ1) is 16.8. The predicted octanol–water partition coefficient (Wildman–Crippen LogP) is 2.11. The summed E-state index contributed by atoms with van der Waals surface area (Å²) in [6, 6.07) is 10.7. The number of benzene rings is 1. The Morgan fingerprint density at radius 2 is 2.08 bits per heavy atom. The van der Waals surface area contributed by atoms with E-state index in [-0.39, 0.29) is 30.0 Å². The Balaban J connectivity index is 1.85. The number of hydrogen-bond donors (Lipinski definition) is 2. The van der Waals surface area contributed by atoms with Crippen LogP contribution >= 0.6 is 0 Å². The fraction of sp³-hybridized carbons (Fsp3) is 0.278. The van der Waals surface area contributed by atoms with Gasteiger partial charge in [-0.2, -0.15) is 0 Å². The van der Waals surface area contributed by atoms with E-state index in [9.17, 15) is 9.59 Å². The van der Waals surface area contributed by atoms with Gasteiger partial charge in [0.25, 0.3) is 5.91 Å². The summed E-state index contributed by atoms with van der Waals surface area (Å²) in [5, 5.41) is 2.82. The average Bonchev–Trinajstić information content (AvgIpc) is 2.59. The van der Waals surface area contributed by atoms with Crippen molar-refractivity contribution in [3.05, 3.63) is 42.0 Å². The summed E-state index contributed by atoms with van der Waals surface area (Å²) in [6.45, 7) is 3.60. The van der Waals surface area contributed by atoms with Gasteiger partial charge < -0.3 is 15.8 Å². The normalized spacial score (nSPS) is 16.2. The number of amides is 2. The molecule has 1 aromatic carbocycles. The first-order valence-electron chi connectivity index (χ1n) is 8.09. The molecule has 0 spiro atoms. The average molecular weight is 340 g/mol. The maximum absolute atomic E-state index is 12.6. The largest absolute Gasteiger partial charge is 0.477 e. The summed E-state index contributed by atoms with van der Waals surface area (Å²) in [7, 11) is 0. The lowest BCUT2D eigenvalue weighted by atomic mass is 10.2. The molecule has 1 unspecified atom stereocenters. The van der Waals surface area contributed by atoms with E-state index < -0.39 is 6.10 Å². The SMILES string of the molecule is CCC1Oc2ccc(N)nc2N(CC(=O)Nc2ccccc2C)C1=O. The second kappa shape index (κ2) is 6.80. The van der Waals surface area contributed by atoms with Crippen molar-refractivity contribution >= 4 is 29.1 Å². The van der Waals surface area contributed by atoms with Gasteiger partial charge in [0.05, 0.1) is 0 Å². The highest BCUT2D eigenvalue weighted by molar-refractivity contribution is 6.05. The Morgan fingerprint density at radius 1 is 1.32 bits per heavy atom. The van der Waals surface area contributed by atoms with Gasteiger partial charge in [0.2, 0.25) is 5.91 Å². The highest BCUT2D eigenvalue weighted by Gasteiger charge is 2.35. The molecule has 1 aliphatic rings. The summed E-state index contributed by atoms with van der Waals surface area (Å²) in [6.07, 6.45) is -0.136. The lowest BCUT2D eigenvalue weighted by molar-refractivity contribution is -0.128. The van der Waals surface area contributed by atoms with Gasteiger partial charge in [0.1, 0.15) is 12.4 Å². The van der Waals surface area contributed by atoms with E-state index in [1.54, 1.807) is 12.1 Å². The minimum Gasteiger partial charge on any atom is -0.477 e. The maximum Gasteiger partial charge on any atom is 0.269 e. The molecule has 130 valence electrons. The van der Waals surface area contributed by atoms with Gasteiger partial charge in [0, 0.05) is 5.69 Å². The fourth-order valence-electron chi connectivity index (χ4n) is 2.67. The van der Waals surface area contributed by atoms with E-state index >= 15 is 0 Å². The van der Waals surface area contributed by atoms with Crippen molar-refractivity contribution < 1.29 is 14.3 Å². The fourth-order valence-corrected chi connectivity index (χ4v) is 2.67. The zero-order valence-electron chi connectivity index (χ0n) is 14.2. The number of nitrogen functional groups attached to an aromatic ring is 1. The van der Waals surface area contributed by atoms with Crippen molar-refractivity contribution in [1.29, 1.82) is 0 Å². The monoisotopic (exact) mass is 340 g/mol. The summed E-state index contributed by atoms with van der Waals surface area (Å²) >= 11 is 0. The molecule has 0 saturated carbocycles. The standard InChI is InChI=1S/C18H20N4O3/c1-3-13-18(24)22(17-14(25-13)8-9-15(19)21-17)10-16(23)20-12-7-5-4-6-11(12)2/h4-9,13H,3,10H2,1-2H3,(H2,19,21)(H,20,23). The molecule has 2 heterocycles. The Hall–Kier alpha value is -3.09. The van der Waals surface area contributed by atoms with Crippen LogP contribution in [0.15, 0.2) is 36.4 Å². The number of anilines is 3. The number of nitrogens with two attached hydrogens (primary N) is 1. The van der Waals surface area contributed by atoms with Gasteiger partial charge in [-0.1, -0.05) is 25.1 Å². The summed E-state index contributed by atoms with van der Waals surface area (Å²) < 4.78 is 5.66. The van der Waals surface area contributed by atoms with Crippen molar-refractivity contribution in [1.82, 2.24) is 4.98 Å². The lowest BCUT2D eigenvalue weighted by Gasteiger charge is -2.32. The van der Waals surface area contributed by atoms with E-state index in [2.05, 4.69) is 10.3 Å². The number of aromatic nitrogens is 1. The molecule has 0 saturated heterocycles. The number of nitrogens with zero attached hydrogens (tertiary/aromatic N) is 2. The van der Waals surface area contributed by atoms with Crippen LogP contribution in [0.3, 0.4) is 0 Å². The Bertz CT molecular complexity index is 822. The predicted molar refractivity (Wildman–Crippen MR) is 95.5 cm³/mol. The molecule has 2 amide bonds. The molecule has 1 atom stereocenters. The first-order chi connectivity index (χ1) is 12.0. The quantitative estimate of drug-likeness (QED) is 0.888. The molecule has 3 N–H and O–H groups in total. The summed E-state index contributed by atoms with van der Waals surface area (Å²) in [4.78, 5) is 30.6. The molecule has 0 fully saturated rings. The van der Waals surface area contributed by atoms with E-state index in [0.29, 0.717) is 17.9 Å². The molecule has 1 aliphatic heterocycles. The topological polar surface area (TPSA) is 97.6 Å². The molecule has 7 nitrogen and oxygen atoms in total. The van der Waals surface area contributed by atoms with Crippen LogP contribution in [-0.4, -0.2) is 29.4 Å². The smallest absolute Gasteiger partial charge is 0.269 e. The molecule has 0 radical (unpaired) electrons.